The predicted molar refractivity (Wildman–Crippen MR) is 75.3 cm³/mol. The van der Waals surface area contributed by atoms with Gasteiger partial charge in [0.05, 0.1) is 6.54 Å². The molecule has 4 amide bonds. The van der Waals surface area contributed by atoms with E-state index in [9.17, 15) is 14.4 Å². The lowest BCUT2D eigenvalue weighted by Crippen LogP contribution is -2.52. The first kappa shape index (κ1) is 14.5. The molecule has 1 aromatic rings. The smallest absolute Gasteiger partial charge is 0.324 e. The molecule has 1 aromatic heterocycles. The van der Waals surface area contributed by atoms with Gasteiger partial charge in [-0.25, -0.2) is 4.79 Å². The van der Waals surface area contributed by atoms with E-state index >= 15 is 0 Å². The van der Waals surface area contributed by atoms with Crippen molar-refractivity contribution in [1.82, 2.24) is 15.1 Å². The minimum atomic E-state index is -0.490. The normalized spacial score (nSPS) is 15.2. The molecule has 0 aromatic carbocycles. The molecule has 1 fully saturated rings. The van der Waals surface area contributed by atoms with Crippen LogP contribution < -0.4 is 5.32 Å². The summed E-state index contributed by atoms with van der Waals surface area (Å²) in [5.74, 6) is -0.427. The fourth-order valence-corrected chi connectivity index (χ4v) is 2.86. The fourth-order valence-electron chi connectivity index (χ4n) is 1.90. The summed E-state index contributed by atoms with van der Waals surface area (Å²) in [7, 11) is 1.72. The molecular formula is C13H17N3O3S. The quantitative estimate of drug-likeness (QED) is 0.899. The van der Waals surface area contributed by atoms with Gasteiger partial charge in [-0.2, -0.15) is 0 Å². The second kappa shape index (κ2) is 6.04. The molecular weight excluding hydrogens is 278 g/mol. The standard InChI is InChI=1S/C13H17N3O3S/c1-9-4-6-20-10(9)7-15(2)12(18)8-16-5-3-11(17)14-13(16)19/h4,6H,3,5,7-8H2,1-2H3,(H,14,17,19). The highest BCUT2D eigenvalue weighted by Crippen LogP contribution is 2.17. The van der Waals surface area contributed by atoms with Crippen LogP contribution in [0.15, 0.2) is 11.4 Å². The Morgan fingerprint density at radius 1 is 1.50 bits per heavy atom. The summed E-state index contributed by atoms with van der Waals surface area (Å²) in [5.41, 5.74) is 1.16. The van der Waals surface area contributed by atoms with E-state index in [4.69, 9.17) is 0 Å². The van der Waals surface area contributed by atoms with Crippen molar-refractivity contribution in [2.45, 2.75) is 19.9 Å². The summed E-state index contributed by atoms with van der Waals surface area (Å²) >= 11 is 1.61. The van der Waals surface area contributed by atoms with Crippen LogP contribution in [-0.2, 0) is 16.1 Å². The number of carbonyl (C=O) groups excluding carboxylic acids is 3. The molecule has 2 rings (SSSR count). The molecule has 7 heteroatoms. The number of hydrogen-bond acceptors (Lipinski definition) is 4. The van der Waals surface area contributed by atoms with E-state index in [2.05, 4.69) is 5.32 Å². The highest BCUT2D eigenvalue weighted by atomic mass is 32.1. The molecule has 1 aliphatic heterocycles. The largest absolute Gasteiger partial charge is 0.339 e. The number of likely N-dealkylation sites (N-methyl/N-ethyl adjacent to an activating group) is 1. The summed E-state index contributed by atoms with van der Waals surface area (Å²) in [6, 6.07) is 1.53. The second-order valence-corrected chi connectivity index (χ2v) is 5.80. The lowest BCUT2D eigenvalue weighted by Gasteiger charge is -2.27. The molecule has 0 aliphatic carbocycles. The van der Waals surface area contributed by atoms with Gasteiger partial charge in [-0.05, 0) is 23.9 Å². The van der Waals surface area contributed by atoms with Crippen LogP contribution in [0.4, 0.5) is 4.79 Å². The molecule has 0 saturated carbocycles. The zero-order valence-corrected chi connectivity index (χ0v) is 12.3. The number of nitrogens with one attached hydrogen (secondary N) is 1. The lowest BCUT2D eigenvalue weighted by molar-refractivity contribution is -0.132. The number of aryl methyl sites for hydroxylation is 1. The SMILES string of the molecule is Cc1ccsc1CN(C)C(=O)CN1CCC(=O)NC1=O. The average molecular weight is 295 g/mol. The van der Waals surface area contributed by atoms with Gasteiger partial charge < -0.3 is 9.80 Å². The van der Waals surface area contributed by atoms with Gasteiger partial charge in [0.1, 0.15) is 6.54 Å². The van der Waals surface area contributed by atoms with Crippen molar-refractivity contribution in [3.8, 4) is 0 Å². The minimum Gasteiger partial charge on any atom is -0.339 e. The van der Waals surface area contributed by atoms with E-state index in [1.54, 1.807) is 23.3 Å². The summed E-state index contributed by atoms with van der Waals surface area (Å²) in [6.07, 6.45) is 0.243. The van der Waals surface area contributed by atoms with Crippen molar-refractivity contribution in [2.24, 2.45) is 0 Å². The maximum absolute atomic E-state index is 12.1. The van der Waals surface area contributed by atoms with Crippen LogP contribution in [0.3, 0.4) is 0 Å². The number of hydrogen-bond donors (Lipinski definition) is 1. The number of urea groups is 1. The Labute approximate surface area is 121 Å². The Morgan fingerprint density at radius 2 is 2.25 bits per heavy atom. The molecule has 1 saturated heterocycles. The van der Waals surface area contributed by atoms with Gasteiger partial charge in [0.2, 0.25) is 11.8 Å². The van der Waals surface area contributed by atoms with Gasteiger partial charge in [-0.3, -0.25) is 14.9 Å². The molecule has 0 spiro atoms. The van der Waals surface area contributed by atoms with Gasteiger partial charge in [0, 0.05) is 24.9 Å². The summed E-state index contributed by atoms with van der Waals surface area (Å²) in [5, 5.41) is 4.20. The highest BCUT2D eigenvalue weighted by Gasteiger charge is 2.25. The number of amides is 4. The van der Waals surface area contributed by atoms with Crippen molar-refractivity contribution in [3.05, 3.63) is 21.9 Å². The van der Waals surface area contributed by atoms with Crippen LogP contribution in [-0.4, -0.2) is 47.8 Å². The van der Waals surface area contributed by atoms with Crippen molar-refractivity contribution >= 4 is 29.2 Å². The Bertz CT molecular complexity index is 541. The number of rotatable bonds is 4. The number of carbonyl (C=O) groups is 3. The third-order valence-electron chi connectivity index (χ3n) is 3.24. The Morgan fingerprint density at radius 3 is 2.85 bits per heavy atom. The fraction of sp³-hybridized carbons (Fsp3) is 0.462. The zero-order chi connectivity index (χ0) is 14.7. The van der Waals surface area contributed by atoms with Crippen molar-refractivity contribution in [2.75, 3.05) is 20.1 Å². The number of nitrogens with zero attached hydrogens (tertiary/aromatic N) is 2. The molecule has 0 unspecified atom stereocenters. The van der Waals surface area contributed by atoms with Crippen molar-refractivity contribution in [1.29, 1.82) is 0 Å². The molecule has 0 bridgehead atoms. The first-order chi connectivity index (χ1) is 9.47. The molecule has 108 valence electrons. The van der Waals surface area contributed by atoms with E-state index in [1.807, 2.05) is 18.4 Å². The van der Waals surface area contributed by atoms with Crippen molar-refractivity contribution in [3.63, 3.8) is 0 Å². The molecule has 0 atom stereocenters. The van der Waals surface area contributed by atoms with E-state index in [1.165, 1.54) is 4.90 Å². The molecule has 2 heterocycles. The van der Waals surface area contributed by atoms with Gasteiger partial charge >= 0.3 is 6.03 Å². The van der Waals surface area contributed by atoms with Crippen molar-refractivity contribution < 1.29 is 14.4 Å². The minimum absolute atomic E-state index is 0.0000359. The van der Waals surface area contributed by atoms with Crippen LogP contribution in [0.25, 0.3) is 0 Å². The van der Waals surface area contributed by atoms with Crippen LogP contribution in [0, 0.1) is 6.92 Å². The maximum atomic E-state index is 12.1. The lowest BCUT2D eigenvalue weighted by atomic mass is 10.2. The van der Waals surface area contributed by atoms with Gasteiger partial charge in [-0.15, -0.1) is 11.3 Å². The highest BCUT2D eigenvalue weighted by molar-refractivity contribution is 7.10. The third-order valence-corrected chi connectivity index (χ3v) is 4.25. The van der Waals surface area contributed by atoms with Gasteiger partial charge in [0.25, 0.3) is 0 Å². The molecule has 1 N–H and O–H groups in total. The Hall–Kier alpha value is -1.89. The molecule has 6 nitrogen and oxygen atoms in total. The number of thiophene rings is 1. The summed E-state index contributed by atoms with van der Waals surface area (Å²) < 4.78 is 0. The van der Waals surface area contributed by atoms with Crippen LogP contribution in [0.1, 0.15) is 16.9 Å². The molecule has 20 heavy (non-hydrogen) atoms. The van der Waals surface area contributed by atoms with Crippen LogP contribution in [0.5, 0.6) is 0 Å². The van der Waals surface area contributed by atoms with Gasteiger partial charge in [-0.1, -0.05) is 0 Å². The topological polar surface area (TPSA) is 69.7 Å². The third kappa shape index (κ3) is 3.36. The monoisotopic (exact) mass is 295 g/mol. The van der Waals surface area contributed by atoms with Gasteiger partial charge in [0.15, 0.2) is 0 Å². The maximum Gasteiger partial charge on any atom is 0.324 e. The Kier molecular flexibility index (Phi) is 4.39. The molecule has 0 radical (unpaired) electrons. The van der Waals surface area contributed by atoms with E-state index in [-0.39, 0.29) is 24.8 Å². The summed E-state index contributed by atoms with van der Waals surface area (Å²) in [4.78, 5) is 38.8. The zero-order valence-electron chi connectivity index (χ0n) is 11.5. The average Bonchev–Trinajstić information content (AvgIpc) is 2.78. The predicted octanol–water partition coefficient (Wildman–Crippen LogP) is 0.957. The second-order valence-electron chi connectivity index (χ2n) is 4.80. The molecule has 1 aliphatic rings. The van der Waals surface area contributed by atoms with E-state index in [0.717, 1.165) is 10.4 Å². The first-order valence-electron chi connectivity index (χ1n) is 6.33. The first-order valence-corrected chi connectivity index (χ1v) is 7.21. The number of imide groups is 1. The van der Waals surface area contributed by atoms with E-state index < -0.39 is 6.03 Å². The summed E-state index contributed by atoms with van der Waals surface area (Å²) in [6.45, 7) is 2.84. The van der Waals surface area contributed by atoms with E-state index in [0.29, 0.717) is 13.1 Å². The van der Waals surface area contributed by atoms with Crippen LogP contribution in [0.2, 0.25) is 0 Å². The van der Waals surface area contributed by atoms with Crippen LogP contribution >= 0.6 is 11.3 Å². The Balaban J connectivity index is 1.89.